The molecule has 3 aliphatic heterocycles. The van der Waals surface area contributed by atoms with Gasteiger partial charge < -0.3 is 19.6 Å². The van der Waals surface area contributed by atoms with Gasteiger partial charge in [-0.25, -0.2) is 14.3 Å². The van der Waals surface area contributed by atoms with Gasteiger partial charge in [0.1, 0.15) is 5.60 Å². The Hall–Kier alpha value is -3.61. The van der Waals surface area contributed by atoms with Crippen molar-refractivity contribution < 1.29 is 37.4 Å². The lowest BCUT2D eigenvalue weighted by atomic mass is 9.74. The summed E-state index contributed by atoms with van der Waals surface area (Å²) in [5.74, 6) is -1.61. The Labute approximate surface area is 305 Å². The van der Waals surface area contributed by atoms with Gasteiger partial charge in [0, 0.05) is 63.6 Å². The molecule has 3 saturated heterocycles. The van der Waals surface area contributed by atoms with Crippen molar-refractivity contribution in [2.45, 2.75) is 122 Å². The zero-order valence-corrected chi connectivity index (χ0v) is 31.2. The lowest BCUT2D eigenvalue weighted by molar-refractivity contribution is -0.192. The summed E-state index contributed by atoms with van der Waals surface area (Å²) in [6.45, 7) is 13.7. The molecule has 288 valence electrons. The average Bonchev–Trinajstić information content (AvgIpc) is 3.43. The highest BCUT2D eigenvalue weighted by Crippen LogP contribution is 2.44. The fourth-order valence-corrected chi connectivity index (χ4v) is 8.84. The maximum absolute atomic E-state index is 13.8. The van der Waals surface area contributed by atoms with Gasteiger partial charge in [-0.15, -0.1) is 0 Å². The molecule has 6 rings (SSSR count). The van der Waals surface area contributed by atoms with Crippen LogP contribution in [-0.2, 0) is 9.53 Å². The highest BCUT2D eigenvalue weighted by molar-refractivity contribution is 5.96. The number of amides is 2. The summed E-state index contributed by atoms with van der Waals surface area (Å²) in [5.41, 5.74) is 3.11. The molecule has 52 heavy (non-hydrogen) atoms. The number of carboxylic acids is 1. The molecule has 2 aromatic rings. The Morgan fingerprint density at radius 2 is 1.60 bits per heavy atom. The number of para-hydroxylation sites is 1. The SMILES string of the molecule is CCCCC1CN(CC2CCCCC2)C(=O)OC12CCN(C1(C)CCN(C(=O)c3c(C)nn(-c4ccccc4)c3C)CC1)CC2.O=C(O)C(F)(F)F. The van der Waals surface area contributed by atoms with Crippen LogP contribution in [0.15, 0.2) is 30.3 Å². The molecule has 1 saturated carbocycles. The van der Waals surface area contributed by atoms with E-state index in [9.17, 15) is 22.8 Å². The Morgan fingerprint density at radius 1 is 0.981 bits per heavy atom. The molecule has 13 heteroatoms. The van der Waals surface area contributed by atoms with Gasteiger partial charge in [-0.3, -0.25) is 9.69 Å². The zero-order chi connectivity index (χ0) is 37.7. The minimum Gasteiger partial charge on any atom is -0.475 e. The van der Waals surface area contributed by atoms with E-state index >= 15 is 0 Å². The number of halogens is 3. The van der Waals surface area contributed by atoms with Crippen LogP contribution in [0, 0.1) is 25.7 Å². The van der Waals surface area contributed by atoms with E-state index in [1.54, 1.807) is 0 Å². The first kappa shape index (κ1) is 39.6. The number of carboxylic acid groups (broad SMARTS) is 1. The highest BCUT2D eigenvalue weighted by Gasteiger charge is 2.52. The van der Waals surface area contributed by atoms with Crippen LogP contribution in [0.4, 0.5) is 18.0 Å². The van der Waals surface area contributed by atoms with Crippen LogP contribution in [0.1, 0.15) is 113 Å². The van der Waals surface area contributed by atoms with Gasteiger partial charge >= 0.3 is 18.2 Å². The maximum Gasteiger partial charge on any atom is 0.490 e. The number of ether oxygens (including phenoxy) is 1. The summed E-state index contributed by atoms with van der Waals surface area (Å²) in [7, 11) is 0. The third-order valence-electron chi connectivity index (χ3n) is 12.1. The molecule has 4 aliphatic rings. The molecule has 1 aromatic carbocycles. The van der Waals surface area contributed by atoms with Gasteiger partial charge in [-0.1, -0.05) is 57.2 Å². The first-order chi connectivity index (χ1) is 24.7. The fourth-order valence-electron chi connectivity index (χ4n) is 8.84. The van der Waals surface area contributed by atoms with Crippen LogP contribution < -0.4 is 0 Å². The third kappa shape index (κ3) is 8.94. The Balaban J connectivity index is 0.000000679. The molecule has 4 fully saturated rings. The Kier molecular flexibility index (Phi) is 12.6. The van der Waals surface area contributed by atoms with Gasteiger partial charge in [-0.2, -0.15) is 18.3 Å². The first-order valence-electron chi connectivity index (χ1n) is 19.1. The van der Waals surface area contributed by atoms with Crippen molar-refractivity contribution in [1.29, 1.82) is 0 Å². The maximum atomic E-state index is 13.8. The number of aromatic nitrogens is 2. The van der Waals surface area contributed by atoms with Gasteiger partial charge in [0.15, 0.2) is 0 Å². The van der Waals surface area contributed by atoms with Gasteiger partial charge in [0.2, 0.25) is 0 Å². The lowest BCUT2D eigenvalue weighted by Crippen LogP contribution is -2.63. The minimum atomic E-state index is -5.08. The number of aryl methyl sites for hydroxylation is 1. The number of likely N-dealkylation sites (tertiary alicyclic amines) is 2. The molecule has 1 aromatic heterocycles. The number of aliphatic carboxylic acids is 1. The summed E-state index contributed by atoms with van der Waals surface area (Å²) in [6, 6.07) is 10.0. The van der Waals surface area contributed by atoms with E-state index in [1.165, 1.54) is 44.9 Å². The fraction of sp³-hybridized carbons (Fsp3) is 0.692. The average molecular weight is 732 g/mol. The Bertz CT molecular complexity index is 1520. The number of unbranched alkanes of at least 4 members (excludes halogenated alkanes) is 1. The van der Waals surface area contributed by atoms with Crippen molar-refractivity contribution in [2.75, 3.05) is 39.3 Å². The second-order valence-electron chi connectivity index (χ2n) is 15.6. The number of nitrogens with zero attached hydrogens (tertiary/aromatic N) is 5. The molecular formula is C39H56F3N5O5. The number of rotatable bonds is 8. The van der Waals surface area contributed by atoms with Crippen molar-refractivity contribution >= 4 is 18.0 Å². The third-order valence-corrected chi connectivity index (χ3v) is 12.1. The molecule has 4 heterocycles. The van der Waals surface area contributed by atoms with Crippen molar-refractivity contribution in [3.63, 3.8) is 0 Å². The topological polar surface area (TPSA) is 108 Å². The molecule has 1 N–H and O–H groups in total. The van der Waals surface area contributed by atoms with Crippen molar-refractivity contribution in [3.8, 4) is 5.69 Å². The smallest absolute Gasteiger partial charge is 0.475 e. The predicted octanol–water partition coefficient (Wildman–Crippen LogP) is 7.79. The zero-order valence-electron chi connectivity index (χ0n) is 31.2. The number of carbonyl (C=O) groups is 3. The molecule has 2 amide bonds. The number of piperidine rings is 2. The number of hydrogen-bond acceptors (Lipinski definition) is 6. The number of alkyl halides is 3. The van der Waals surface area contributed by atoms with Crippen molar-refractivity contribution in [2.24, 2.45) is 11.8 Å². The van der Waals surface area contributed by atoms with Crippen molar-refractivity contribution in [1.82, 2.24) is 24.5 Å². The standard InChI is InChI=1S/C37H55N5O3.C2HF3O2/c1-5-6-15-31-27-40(26-30-13-9-7-10-14-30)35(44)45-37(31)20-24-41(25-21-37)36(4)18-22-39(23-19-36)34(43)33-28(2)38-42(29(33)3)32-16-11-8-12-17-32;3-2(4,5)1(6)7/h8,11-12,16-17,30-31H,5-7,9-10,13-15,18-27H2,1-4H3;(H,6,7). The first-order valence-corrected chi connectivity index (χ1v) is 19.1. The molecule has 1 unspecified atom stereocenters. The van der Waals surface area contributed by atoms with E-state index in [1.807, 2.05) is 53.8 Å². The van der Waals surface area contributed by atoms with E-state index in [0.717, 1.165) is 94.0 Å². The molecule has 0 radical (unpaired) electrons. The van der Waals surface area contributed by atoms with Gasteiger partial charge in [0.05, 0.1) is 22.6 Å². The van der Waals surface area contributed by atoms with Crippen LogP contribution in [0.5, 0.6) is 0 Å². The molecule has 1 spiro atoms. The number of hydrogen-bond donors (Lipinski definition) is 1. The van der Waals surface area contributed by atoms with Crippen LogP contribution in [-0.4, -0.2) is 104 Å². The molecule has 1 aliphatic carbocycles. The molecule has 1 atom stereocenters. The summed E-state index contributed by atoms with van der Waals surface area (Å²) >= 11 is 0. The van der Waals surface area contributed by atoms with Gasteiger partial charge in [0.25, 0.3) is 5.91 Å². The van der Waals surface area contributed by atoms with Crippen molar-refractivity contribution in [3.05, 3.63) is 47.3 Å². The normalized spacial score (nSPS) is 22.4. The second-order valence-corrected chi connectivity index (χ2v) is 15.6. The largest absolute Gasteiger partial charge is 0.490 e. The monoisotopic (exact) mass is 731 g/mol. The number of benzene rings is 1. The van der Waals surface area contributed by atoms with E-state index in [4.69, 9.17) is 19.7 Å². The van der Waals surface area contributed by atoms with Crippen LogP contribution in [0.25, 0.3) is 5.69 Å². The van der Waals surface area contributed by atoms with Crippen LogP contribution in [0.3, 0.4) is 0 Å². The van der Waals surface area contributed by atoms with Crippen LogP contribution in [0.2, 0.25) is 0 Å². The minimum absolute atomic E-state index is 0.0430. The summed E-state index contributed by atoms with van der Waals surface area (Å²) in [5, 5.41) is 11.9. The molecular weight excluding hydrogens is 675 g/mol. The molecule has 10 nitrogen and oxygen atoms in total. The van der Waals surface area contributed by atoms with Gasteiger partial charge in [-0.05, 0) is 70.9 Å². The van der Waals surface area contributed by atoms with E-state index in [2.05, 4.69) is 23.6 Å². The van der Waals surface area contributed by atoms with E-state index in [-0.39, 0.29) is 23.1 Å². The lowest BCUT2D eigenvalue weighted by Gasteiger charge is -2.55. The predicted molar refractivity (Wildman–Crippen MR) is 191 cm³/mol. The highest BCUT2D eigenvalue weighted by atomic mass is 19.4. The summed E-state index contributed by atoms with van der Waals surface area (Å²) < 4.78 is 40.1. The summed E-state index contributed by atoms with van der Waals surface area (Å²) in [4.78, 5) is 42.8. The molecule has 0 bridgehead atoms. The number of carbonyl (C=O) groups excluding carboxylic acids is 2. The quantitative estimate of drug-likeness (QED) is 0.295. The van der Waals surface area contributed by atoms with E-state index < -0.39 is 12.1 Å². The summed E-state index contributed by atoms with van der Waals surface area (Å²) in [6.07, 6.45) is 8.53. The second kappa shape index (κ2) is 16.6. The Morgan fingerprint density at radius 3 is 2.17 bits per heavy atom. The van der Waals surface area contributed by atoms with E-state index in [0.29, 0.717) is 11.8 Å². The van der Waals surface area contributed by atoms with Crippen LogP contribution >= 0.6 is 0 Å².